The molecule has 0 spiro atoms. The highest BCUT2D eigenvalue weighted by Crippen LogP contribution is 2.21. The molecule has 1 aromatic rings. The van der Waals surface area contributed by atoms with E-state index in [1.54, 1.807) is 0 Å². The Morgan fingerprint density at radius 2 is 2.36 bits per heavy atom. The minimum absolute atomic E-state index is 0.357. The van der Waals surface area contributed by atoms with Crippen LogP contribution in [0, 0.1) is 6.92 Å². The molecule has 1 heterocycles. The lowest BCUT2D eigenvalue weighted by atomic mass is 9.98. The third-order valence-electron chi connectivity index (χ3n) is 2.34. The summed E-state index contributed by atoms with van der Waals surface area (Å²) in [6.45, 7) is 8.09. The molecular weight excluding hydrogens is 172 g/mol. The van der Waals surface area contributed by atoms with Crippen molar-refractivity contribution in [3.63, 3.8) is 0 Å². The van der Waals surface area contributed by atoms with Crippen LogP contribution in [0.25, 0.3) is 0 Å². The van der Waals surface area contributed by atoms with Crippen molar-refractivity contribution in [1.82, 2.24) is 10.3 Å². The minimum Gasteiger partial charge on any atom is -0.313 e. The Balaban J connectivity index is 2.89. The molecule has 0 saturated heterocycles. The molecule has 76 valence electrons. The second-order valence-corrected chi connectivity index (χ2v) is 3.73. The Morgan fingerprint density at radius 1 is 1.64 bits per heavy atom. The van der Waals surface area contributed by atoms with E-state index < -0.39 is 0 Å². The molecule has 0 amide bonds. The molecule has 0 aromatic carbocycles. The fourth-order valence-corrected chi connectivity index (χ4v) is 1.59. The molecule has 1 aromatic heterocycles. The quantitative estimate of drug-likeness (QED) is 0.738. The molecule has 2 heteroatoms. The molecule has 0 aliphatic heterocycles. The molecule has 2 nitrogen and oxygen atoms in total. The number of hydrogen-bond donors (Lipinski definition) is 1. The van der Waals surface area contributed by atoms with E-state index in [0.29, 0.717) is 6.04 Å². The zero-order chi connectivity index (χ0) is 10.6. The van der Waals surface area contributed by atoms with Gasteiger partial charge in [0.05, 0.1) is 0 Å². The van der Waals surface area contributed by atoms with Gasteiger partial charge in [-0.3, -0.25) is 4.98 Å². The Labute approximate surface area is 86.1 Å². The smallest absolute Gasteiger partial charge is 0.0358 e. The molecule has 1 atom stereocenters. The van der Waals surface area contributed by atoms with E-state index in [0.717, 1.165) is 6.42 Å². The van der Waals surface area contributed by atoms with Crippen molar-refractivity contribution in [3.05, 3.63) is 41.7 Å². The molecule has 0 aliphatic rings. The second-order valence-electron chi connectivity index (χ2n) is 3.73. The summed E-state index contributed by atoms with van der Waals surface area (Å²) in [4.78, 5) is 4.09. The van der Waals surface area contributed by atoms with Crippen LogP contribution in [0.15, 0.2) is 30.6 Å². The molecule has 14 heavy (non-hydrogen) atoms. The van der Waals surface area contributed by atoms with Crippen molar-refractivity contribution in [3.8, 4) is 0 Å². The second kappa shape index (κ2) is 4.91. The standard InChI is InChI=1S/C12H18N2/c1-9(2)7-12(13-4)11-5-6-14-8-10(11)3/h5-6,8,12-13H,1,7H2,2-4H3. The summed E-state index contributed by atoms with van der Waals surface area (Å²) < 4.78 is 0. The first-order chi connectivity index (χ1) is 6.65. The van der Waals surface area contributed by atoms with Gasteiger partial charge >= 0.3 is 0 Å². The van der Waals surface area contributed by atoms with Gasteiger partial charge in [0.25, 0.3) is 0 Å². The minimum atomic E-state index is 0.357. The molecule has 0 fully saturated rings. The maximum absolute atomic E-state index is 4.09. The van der Waals surface area contributed by atoms with E-state index >= 15 is 0 Å². The molecule has 1 N–H and O–H groups in total. The number of nitrogens with zero attached hydrogens (tertiary/aromatic N) is 1. The zero-order valence-corrected chi connectivity index (χ0v) is 9.17. The third-order valence-corrected chi connectivity index (χ3v) is 2.34. The fourth-order valence-electron chi connectivity index (χ4n) is 1.59. The first-order valence-corrected chi connectivity index (χ1v) is 4.87. The van der Waals surface area contributed by atoms with E-state index in [1.165, 1.54) is 16.7 Å². The zero-order valence-electron chi connectivity index (χ0n) is 9.17. The average Bonchev–Trinajstić information content (AvgIpc) is 2.15. The van der Waals surface area contributed by atoms with Crippen LogP contribution in [0.4, 0.5) is 0 Å². The molecular formula is C12H18N2. The Bertz CT molecular complexity index is 318. The van der Waals surface area contributed by atoms with Crippen LogP contribution in [0.2, 0.25) is 0 Å². The average molecular weight is 190 g/mol. The number of rotatable bonds is 4. The van der Waals surface area contributed by atoms with E-state index in [1.807, 2.05) is 19.4 Å². The molecule has 0 bridgehead atoms. The molecule has 0 aliphatic carbocycles. The lowest BCUT2D eigenvalue weighted by Gasteiger charge is -2.18. The molecule has 1 rings (SSSR count). The van der Waals surface area contributed by atoms with Gasteiger partial charge in [0.2, 0.25) is 0 Å². The first kappa shape index (κ1) is 10.9. The number of nitrogens with one attached hydrogen (secondary N) is 1. The number of aromatic nitrogens is 1. The van der Waals surface area contributed by atoms with Crippen LogP contribution in [-0.2, 0) is 0 Å². The normalized spacial score (nSPS) is 12.5. The highest BCUT2D eigenvalue weighted by molar-refractivity contribution is 5.26. The maximum Gasteiger partial charge on any atom is 0.0358 e. The fraction of sp³-hybridized carbons (Fsp3) is 0.417. The molecule has 0 saturated carbocycles. The van der Waals surface area contributed by atoms with E-state index in [4.69, 9.17) is 0 Å². The van der Waals surface area contributed by atoms with Gasteiger partial charge in [0.15, 0.2) is 0 Å². The van der Waals surface area contributed by atoms with Crippen LogP contribution in [0.5, 0.6) is 0 Å². The van der Waals surface area contributed by atoms with Crippen molar-refractivity contribution in [1.29, 1.82) is 0 Å². The van der Waals surface area contributed by atoms with Crippen molar-refractivity contribution in [2.24, 2.45) is 0 Å². The number of pyridine rings is 1. The van der Waals surface area contributed by atoms with E-state index in [2.05, 4.69) is 36.8 Å². The van der Waals surface area contributed by atoms with Gasteiger partial charge in [-0.25, -0.2) is 0 Å². The van der Waals surface area contributed by atoms with Gasteiger partial charge in [-0.15, -0.1) is 6.58 Å². The van der Waals surface area contributed by atoms with Crippen molar-refractivity contribution >= 4 is 0 Å². The van der Waals surface area contributed by atoms with Gasteiger partial charge in [-0.05, 0) is 44.5 Å². The van der Waals surface area contributed by atoms with Crippen LogP contribution >= 0.6 is 0 Å². The van der Waals surface area contributed by atoms with Gasteiger partial charge < -0.3 is 5.32 Å². The largest absolute Gasteiger partial charge is 0.313 e. The molecule has 0 radical (unpaired) electrons. The van der Waals surface area contributed by atoms with Crippen LogP contribution in [0.3, 0.4) is 0 Å². The van der Waals surface area contributed by atoms with Gasteiger partial charge in [0, 0.05) is 18.4 Å². The summed E-state index contributed by atoms with van der Waals surface area (Å²) in [5, 5.41) is 3.30. The topological polar surface area (TPSA) is 24.9 Å². The summed E-state index contributed by atoms with van der Waals surface area (Å²) in [7, 11) is 1.98. The Morgan fingerprint density at radius 3 is 2.86 bits per heavy atom. The van der Waals surface area contributed by atoms with E-state index in [-0.39, 0.29) is 0 Å². The predicted octanol–water partition coefficient (Wildman–Crippen LogP) is 2.62. The predicted molar refractivity (Wildman–Crippen MR) is 60.2 cm³/mol. The van der Waals surface area contributed by atoms with Crippen molar-refractivity contribution in [2.45, 2.75) is 26.3 Å². The van der Waals surface area contributed by atoms with Crippen LogP contribution in [0.1, 0.15) is 30.5 Å². The third kappa shape index (κ3) is 2.67. The maximum atomic E-state index is 4.09. The summed E-state index contributed by atoms with van der Waals surface area (Å²) in [6, 6.07) is 2.43. The molecule has 1 unspecified atom stereocenters. The monoisotopic (exact) mass is 190 g/mol. The lowest BCUT2D eigenvalue weighted by molar-refractivity contribution is 0.586. The van der Waals surface area contributed by atoms with Gasteiger partial charge in [-0.2, -0.15) is 0 Å². The summed E-state index contributed by atoms with van der Waals surface area (Å²) in [5.74, 6) is 0. The van der Waals surface area contributed by atoms with Gasteiger partial charge in [-0.1, -0.05) is 5.57 Å². The number of hydrogen-bond acceptors (Lipinski definition) is 2. The Kier molecular flexibility index (Phi) is 3.84. The summed E-state index contributed by atoms with van der Waals surface area (Å²) in [6.07, 6.45) is 4.71. The summed E-state index contributed by atoms with van der Waals surface area (Å²) >= 11 is 0. The van der Waals surface area contributed by atoms with Gasteiger partial charge in [0.1, 0.15) is 0 Å². The highest BCUT2D eigenvalue weighted by atomic mass is 14.9. The number of aryl methyl sites for hydroxylation is 1. The Hall–Kier alpha value is -1.15. The summed E-state index contributed by atoms with van der Waals surface area (Å²) in [5.41, 5.74) is 3.74. The SMILES string of the molecule is C=C(C)CC(NC)c1ccncc1C. The van der Waals surface area contributed by atoms with Crippen molar-refractivity contribution < 1.29 is 0 Å². The van der Waals surface area contributed by atoms with Crippen LogP contribution < -0.4 is 5.32 Å². The lowest BCUT2D eigenvalue weighted by Crippen LogP contribution is -2.17. The van der Waals surface area contributed by atoms with Crippen molar-refractivity contribution in [2.75, 3.05) is 7.05 Å². The van der Waals surface area contributed by atoms with Crippen LogP contribution in [-0.4, -0.2) is 12.0 Å². The highest BCUT2D eigenvalue weighted by Gasteiger charge is 2.10. The first-order valence-electron chi connectivity index (χ1n) is 4.87. The van der Waals surface area contributed by atoms with E-state index in [9.17, 15) is 0 Å².